The van der Waals surface area contributed by atoms with Crippen molar-refractivity contribution >= 4 is 21.8 Å². The first-order chi connectivity index (χ1) is 10.7. The summed E-state index contributed by atoms with van der Waals surface area (Å²) in [6.45, 7) is 1.77. The molecule has 1 fully saturated rings. The van der Waals surface area contributed by atoms with E-state index < -0.39 is 0 Å². The van der Waals surface area contributed by atoms with Crippen molar-refractivity contribution < 1.29 is 9.53 Å². The third kappa shape index (κ3) is 3.84. The van der Waals surface area contributed by atoms with Crippen molar-refractivity contribution in [1.29, 1.82) is 0 Å². The molecule has 6 heteroatoms. The predicted molar refractivity (Wildman–Crippen MR) is 87.2 cm³/mol. The van der Waals surface area contributed by atoms with Crippen molar-refractivity contribution in [1.82, 2.24) is 15.6 Å². The molecule has 0 bridgehead atoms. The lowest BCUT2D eigenvalue weighted by Crippen LogP contribution is -2.36. The summed E-state index contributed by atoms with van der Waals surface area (Å²) in [6, 6.07) is 11.1. The number of nitrogens with zero attached hydrogens (tertiary/aromatic N) is 1. The van der Waals surface area contributed by atoms with Crippen LogP contribution in [0.4, 0.5) is 0 Å². The topological polar surface area (TPSA) is 63.2 Å². The van der Waals surface area contributed by atoms with Crippen molar-refractivity contribution in [3.05, 3.63) is 52.6 Å². The second kappa shape index (κ2) is 6.89. The number of amides is 1. The zero-order valence-corrected chi connectivity index (χ0v) is 13.5. The molecule has 1 aromatic heterocycles. The van der Waals surface area contributed by atoms with Gasteiger partial charge in [0.05, 0.1) is 5.56 Å². The molecule has 0 radical (unpaired) electrons. The van der Waals surface area contributed by atoms with E-state index >= 15 is 0 Å². The van der Waals surface area contributed by atoms with Gasteiger partial charge in [0, 0.05) is 29.3 Å². The molecule has 1 atom stereocenters. The van der Waals surface area contributed by atoms with Crippen LogP contribution in [0.15, 0.2) is 47.1 Å². The summed E-state index contributed by atoms with van der Waals surface area (Å²) in [4.78, 5) is 16.3. The lowest BCUT2D eigenvalue weighted by Gasteiger charge is -2.11. The smallest absolute Gasteiger partial charge is 0.253 e. The zero-order chi connectivity index (χ0) is 15.4. The number of aromatic nitrogens is 1. The highest BCUT2D eigenvalue weighted by Gasteiger charge is 2.17. The van der Waals surface area contributed by atoms with Gasteiger partial charge in [0.1, 0.15) is 5.75 Å². The first-order valence-electron chi connectivity index (χ1n) is 7.12. The van der Waals surface area contributed by atoms with Gasteiger partial charge in [-0.15, -0.1) is 0 Å². The van der Waals surface area contributed by atoms with Gasteiger partial charge in [0.15, 0.2) is 0 Å². The fourth-order valence-corrected chi connectivity index (χ4v) is 2.65. The number of ether oxygens (including phenoxy) is 1. The van der Waals surface area contributed by atoms with Gasteiger partial charge in [-0.2, -0.15) is 0 Å². The Bertz CT molecular complexity index is 655. The lowest BCUT2D eigenvalue weighted by atomic mass is 10.2. The molecule has 0 spiro atoms. The van der Waals surface area contributed by atoms with Crippen LogP contribution >= 0.6 is 15.9 Å². The molecular weight excluding hydrogens is 346 g/mol. The van der Waals surface area contributed by atoms with Crippen LogP contribution < -0.4 is 15.4 Å². The minimum Gasteiger partial charge on any atom is -0.439 e. The SMILES string of the molecule is O=C(NC1CCNC1)c1ccc(Oc2cccc(Br)c2)nc1. The van der Waals surface area contributed by atoms with Crippen LogP contribution in [-0.4, -0.2) is 30.0 Å². The number of hydrogen-bond donors (Lipinski definition) is 2. The molecule has 22 heavy (non-hydrogen) atoms. The summed E-state index contributed by atoms with van der Waals surface area (Å²) in [5.74, 6) is 1.04. The lowest BCUT2D eigenvalue weighted by molar-refractivity contribution is 0.0939. The molecule has 1 aromatic carbocycles. The number of halogens is 1. The van der Waals surface area contributed by atoms with Gasteiger partial charge in [0.2, 0.25) is 5.88 Å². The molecule has 1 unspecified atom stereocenters. The molecule has 2 N–H and O–H groups in total. The van der Waals surface area contributed by atoms with Crippen molar-refractivity contribution in [3.63, 3.8) is 0 Å². The van der Waals surface area contributed by atoms with Crippen LogP contribution in [0.3, 0.4) is 0 Å². The fourth-order valence-electron chi connectivity index (χ4n) is 2.27. The quantitative estimate of drug-likeness (QED) is 0.878. The fraction of sp³-hybridized carbons (Fsp3) is 0.250. The number of rotatable bonds is 4. The number of carbonyl (C=O) groups is 1. The van der Waals surface area contributed by atoms with Crippen molar-refractivity contribution in [3.8, 4) is 11.6 Å². The van der Waals surface area contributed by atoms with Gasteiger partial charge in [-0.1, -0.05) is 22.0 Å². The maximum absolute atomic E-state index is 12.1. The Morgan fingerprint density at radius 1 is 1.36 bits per heavy atom. The second-order valence-corrected chi connectivity index (χ2v) is 6.02. The van der Waals surface area contributed by atoms with Crippen LogP contribution in [0.2, 0.25) is 0 Å². The Morgan fingerprint density at radius 2 is 2.27 bits per heavy atom. The van der Waals surface area contributed by atoms with Crippen LogP contribution in [0.1, 0.15) is 16.8 Å². The summed E-state index contributed by atoms with van der Waals surface area (Å²) in [7, 11) is 0. The van der Waals surface area contributed by atoms with Crippen molar-refractivity contribution in [2.45, 2.75) is 12.5 Å². The minimum atomic E-state index is -0.102. The van der Waals surface area contributed by atoms with Gasteiger partial charge in [-0.05, 0) is 37.2 Å². The van der Waals surface area contributed by atoms with Crippen molar-refractivity contribution in [2.24, 2.45) is 0 Å². The Morgan fingerprint density at radius 3 is 2.95 bits per heavy atom. The van der Waals surface area contributed by atoms with Crippen molar-refractivity contribution in [2.75, 3.05) is 13.1 Å². The van der Waals surface area contributed by atoms with E-state index in [9.17, 15) is 4.79 Å². The monoisotopic (exact) mass is 361 g/mol. The van der Waals surface area contributed by atoms with E-state index in [4.69, 9.17) is 4.74 Å². The standard InChI is InChI=1S/C16H16BrN3O2/c17-12-2-1-3-14(8-12)22-15-5-4-11(9-19-15)16(21)20-13-6-7-18-10-13/h1-5,8-9,13,18H,6-7,10H2,(H,20,21). The summed E-state index contributed by atoms with van der Waals surface area (Å²) in [5, 5.41) is 6.20. The Balaban J connectivity index is 1.63. The molecule has 3 rings (SSSR count). The number of carbonyl (C=O) groups excluding carboxylic acids is 1. The first-order valence-corrected chi connectivity index (χ1v) is 7.91. The predicted octanol–water partition coefficient (Wildman–Crippen LogP) is 2.73. The molecule has 0 aliphatic carbocycles. The second-order valence-electron chi connectivity index (χ2n) is 5.11. The van der Waals surface area contributed by atoms with Crippen LogP contribution in [0.25, 0.3) is 0 Å². The zero-order valence-electron chi connectivity index (χ0n) is 11.9. The molecule has 1 saturated heterocycles. The van der Waals surface area contributed by atoms with Gasteiger partial charge < -0.3 is 15.4 Å². The summed E-state index contributed by atoms with van der Waals surface area (Å²) in [5.41, 5.74) is 0.536. The number of nitrogens with one attached hydrogen (secondary N) is 2. The maximum atomic E-state index is 12.1. The highest BCUT2D eigenvalue weighted by atomic mass is 79.9. The first kappa shape index (κ1) is 15.0. The Labute approximate surface area is 137 Å². The molecule has 5 nitrogen and oxygen atoms in total. The van der Waals surface area contributed by atoms with Crippen LogP contribution in [-0.2, 0) is 0 Å². The Hall–Kier alpha value is -1.92. The van der Waals surface area contributed by atoms with E-state index in [-0.39, 0.29) is 11.9 Å². The third-order valence-electron chi connectivity index (χ3n) is 3.41. The average molecular weight is 362 g/mol. The average Bonchev–Trinajstić information content (AvgIpc) is 3.01. The van der Waals surface area contributed by atoms with E-state index in [2.05, 4.69) is 31.5 Å². The van der Waals surface area contributed by atoms with Crippen LogP contribution in [0, 0.1) is 0 Å². The molecule has 114 valence electrons. The van der Waals surface area contributed by atoms with Gasteiger partial charge >= 0.3 is 0 Å². The van der Waals surface area contributed by atoms with Gasteiger partial charge in [-0.25, -0.2) is 4.98 Å². The van der Waals surface area contributed by atoms with E-state index in [0.717, 1.165) is 24.0 Å². The summed E-state index contributed by atoms with van der Waals surface area (Å²) < 4.78 is 6.58. The highest BCUT2D eigenvalue weighted by molar-refractivity contribution is 9.10. The largest absolute Gasteiger partial charge is 0.439 e. The number of pyridine rings is 1. The molecule has 0 saturated carbocycles. The maximum Gasteiger partial charge on any atom is 0.253 e. The molecule has 1 aliphatic heterocycles. The molecular formula is C16H16BrN3O2. The van der Waals surface area contributed by atoms with E-state index in [1.807, 2.05) is 24.3 Å². The molecule has 2 aromatic rings. The van der Waals surface area contributed by atoms with E-state index in [0.29, 0.717) is 17.2 Å². The normalized spacial score (nSPS) is 17.2. The number of benzene rings is 1. The number of hydrogen-bond acceptors (Lipinski definition) is 4. The molecule has 1 amide bonds. The highest BCUT2D eigenvalue weighted by Crippen LogP contribution is 2.22. The van der Waals surface area contributed by atoms with Crippen LogP contribution in [0.5, 0.6) is 11.6 Å². The van der Waals surface area contributed by atoms with E-state index in [1.54, 1.807) is 12.1 Å². The van der Waals surface area contributed by atoms with E-state index in [1.165, 1.54) is 6.20 Å². The Kier molecular flexibility index (Phi) is 4.70. The summed E-state index contributed by atoms with van der Waals surface area (Å²) >= 11 is 3.39. The molecule has 2 heterocycles. The third-order valence-corrected chi connectivity index (χ3v) is 3.91. The summed E-state index contributed by atoms with van der Waals surface area (Å²) in [6.07, 6.45) is 2.49. The minimum absolute atomic E-state index is 0.102. The van der Waals surface area contributed by atoms with Gasteiger partial charge in [-0.3, -0.25) is 4.79 Å². The van der Waals surface area contributed by atoms with Gasteiger partial charge in [0.25, 0.3) is 5.91 Å². The molecule has 1 aliphatic rings.